The molecule has 4 rings (SSSR count). The number of amides is 1. The van der Waals surface area contributed by atoms with Gasteiger partial charge in [0.05, 0.1) is 11.2 Å². The maximum atomic E-state index is 13.1. The van der Waals surface area contributed by atoms with Gasteiger partial charge in [-0.1, -0.05) is 43.2 Å². The minimum Gasteiger partial charge on any atom is -0.385 e. The summed E-state index contributed by atoms with van der Waals surface area (Å²) in [6.07, 6.45) is 5.72. The predicted octanol–water partition coefficient (Wildman–Crippen LogP) is 3.51. The van der Waals surface area contributed by atoms with E-state index in [1.807, 2.05) is 35.2 Å². The molecule has 3 atom stereocenters. The van der Waals surface area contributed by atoms with Crippen molar-refractivity contribution in [1.29, 1.82) is 0 Å². The number of pyridine rings is 1. The van der Waals surface area contributed by atoms with Crippen molar-refractivity contribution in [3.63, 3.8) is 0 Å². The van der Waals surface area contributed by atoms with Crippen molar-refractivity contribution >= 4 is 5.91 Å². The van der Waals surface area contributed by atoms with Gasteiger partial charge < -0.3 is 10.0 Å². The summed E-state index contributed by atoms with van der Waals surface area (Å²) >= 11 is 0. The van der Waals surface area contributed by atoms with Crippen molar-refractivity contribution in [1.82, 2.24) is 9.88 Å². The molecular weight excluding hydrogens is 331 g/mol. The van der Waals surface area contributed by atoms with Crippen molar-refractivity contribution < 1.29 is 14.3 Å². The quantitative estimate of drug-likeness (QED) is 0.840. The Morgan fingerprint density at radius 2 is 1.92 bits per heavy atom. The van der Waals surface area contributed by atoms with Crippen molar-refractivity contribution in [3.05, 3.63) is 65.7 Å². The van der Waals surface area contributed by atoms with Crippen LogP contribution in [0.5, 0.6) is 0 Å². The Bertz CT molecular complexity index is 780. The third kappa shape index (κ3) is 2.90. The van der Waals surface area contributed by atoms with E-state index in [1.165, 1.54) is 18.3 Å². The molecule has 1 saturated heterocycles. The van der Waals surface area contributed by atoms with Crippen LogP contribution in [0.1, 0.15) is 48.0 Å². The molecule has 5 heteroatoms. The zero-order valence-corrected chi connectivity index (χ0v) is 14.6. The Morgan fingerprint density at radius 3 is 2.65 bits per heavy atom. The molecule has 1 amide bonds. The monoisotopic (exact) mass is 354 g/mol. The second-order valence-electron chi connectivity index (χ2n) is 7.37. The minimum absolute atomic E-state index is 0.000240. The number of hydrogen-bond donors (Lipinski definition) is 1. The highest BCUT2D eigenvalue weighted by molar-refractivity contribution is 5.94. The molecule has 136 valence electrons. The maximum Gasteiger partial charge on any atom is 0.255 e. The Kier molecular flexibility index (Phi) is 4.49. The van der Waals surface area contributed by atoms with E-state index in [0.29, 0.717) is 18.5 Å². The number of fused-ring (bicyclic) bond motifs is 1. The van der Waals surface area contributed by atoms with Gasteiger partial charge in [-0.2, -0.15) is 4.39 Å². The fraction of sp³-hybridized carbons (Fsp3) is 0.429. The van der Waals surface area contributed by atoms with Crippen LogP contribution in [-0.4, -0.2) is 33.5 Å². The fourth-order valence-corrected chi connectivity index (χ4v) is 4.69. The average Bonchev–Trinajstić information content (AvgIpc) is 2.69. The molecule has 1 aliphatic heterocycles. The SMILES string of the molecule is O=C(c1ccc(F)nc1)N1CCC(O)(c2ccccc2)C2CCCCC21. The zero-order chi connectivity index (χ0) is 18.1. The molecule has 1 saturated carbocycles. The Balaban J connectivity index is 1.64. The lowest BCUT2D eigenvalue weighted by atomic mass is 9.66. The molecule has 1 aromatic carbocycles. The second-order valence-corrected chi connectivity index (χ2v) is 7.37. The van der Waals surface area contributed by atoms with Crippen molar-refractivity contribution in [2.75, 3.05) is 6.54 Å². The number of piperidine rings is 1. The van der Waals surface area contributed by atoms with Crippen molar-refractivity contribution in [3.8, 4) is 0 Å². The molecule has 1 N–H and O–H groups in total. The van der Waals surface area contributed by atoms with Gasteiger partial charge in [-0.15, -0.1) is 0 Å². The van der Waals surface area contributed by atoms with Gasteiger partial charge in [-0.05, 0) is 37.0 Å². The third-order valence-electron chi connectivity index (χ3n) is 5.99. The molecule has 0 radical (unpaired) electrons. The molecule has 2 heterocycles. The van der Waals surface area contributed by atoms with Crippen LogP contribution in [0, 0.1) is 11.9 Å². The first-order chi connectivity index (χ1) is 12.6. The summed E-state index contributed by atoms with van der Waals surface area (Å²) < 4.78 is 13.1. The highest BCUT2D eigenvalue weighted by atomic mass is 19.1. The molecule has 1 aliphatic carbocycles. The fourth-order valence-electron chi connectivity index (χ4n) is 4.69. The average molecular weight is 354 g/mol. The van der Waals surface area contributed by atoms with Crippen LogP contribution in [0.25, 0.3) is 0 Å². The summed E-state index contributed by atoms with van der Waals surface area (Å²) in [5.41, 5.74) is 0.442. The first kappa shape index (κ1) is 17.2. The van der Waals surface area contributed by atoms with E-state index < -0.39 is 11.5 Å². The highest BCUT2D eigenvalue weighted by Crippen LogP contribution is 2.47. The molecular formula is C21H23FN2O2. The van der Waals surface area contributed by atoms with E-state index in [2.05, 4.69) is 4.98 Å². The molecule has 2 aromatic rings. The Morgan fingerprint density at radius 1 is 1.15 bits per heavy atom. The maximum absolute atomic E-state index is 13.1. The number of rotatable bonds is 2. The molecule has 3 unspecified atom stereocenters. The standard InChI is InChI=1S/C21H23FN2O2/c22-19-11-10-15(14-23-19)20(25)24-13-12-21(26,16-6-2-1-3-7-16)17-8-4-5-9-18(17)24/h1-3,6-7,10-11,14,17-18,26H,4-5,8-9,12-13H2. The predicted molar refractivity (Wildman–Crippen MR) is 95.9 cm³/mol. The number of hydrogen-bond acceptors (Lipinski definition) is 3. The molecule has 0 bridgehead atoms. The lowest BCUT2D eigenvalue weighted by molar-refractivity contribution is -0.110. The van der Waals surface area contributed by atoms with Crippen LogP contribution in [0.2, 0.25) is 0 Å². The van der Waals surface area contributed by atoms with Gasteiger partial charge in [0.25, 0.3) is 5.91 Å². The summed E-state index contributed by atoms with van der Waals surface area (Å²) in [6, 6.07) is 12.5. The van der Waals surface area contributed by atoms with Crippen molar-refractivity contribution in [2.45, 2.75) is 43.7 Å². The number of nitrogens with zero attached hydrogens (tertiary/aromatic N) is 2. The lowest BCUT2D eigenvalue weighted by Gasteiger charge is -2.52. The van der Waals surface area contributed by atoms with Crippen LogP contribution < -0.4 is 0 Å². The first-order valence-electron chi connectivity index (χ1n) is 9.30. The number of halogens is 1. The lowest BCUT2D eigenvalue weighted by Crippen LogP contribution is -2.59. The molecule has 0 spiro atoms. The molecule has 4 nitrogen and oxygen atoms in total. The highest BCUT2D eigenvalue weighted by Gasteiger charge is 2.50. The number of aliphatic hydroxyl groups is 1. The van der Waals surface area contributed by atoms with E-state index in [0.717, 1.165) is 31.2 Å². The topological polar surface area (TPSA) is 53.4 Å². The summed E-state index contributed by atoms with van der Waals surface area (Å²) in [6.45, 7) is 0.489. The second kappa shape index (κ2) is 6.80. The van der Waals surface area contributed by atoms with E-state index in [4.69, 9.17) is 0 Å². The Labute approximate surface area is 152 Å². The van der Waals surface area contributed by atoms with Gasteiger partial charge in [0.2, 0.25) is 5.95 Å². The van der Waals surface area contributed by atoms with Crippen molar-refractivity contribution in [2.24, 2.45) is 5.92 Å². The van der Waals surface area contributed by atoms with Gasteiger partial charge in [-0.25, -0.2) is 4.98 Å². The number of aromatic nitrogens is 1. The number of carbonyl (C=O) groups is 1. The van der Waals surface area contributed by atoms with E-state index in [9.17, 15) is 14.3 Å². The molecule has 1 aromatic heterocycles. The van der Waals surface area contributed by atoms with Crippen LogP contribution in [0.15, 0.2) is 48.7 Å². The Hall–Kier alpha value is -2.27. The van der Waals surface area contributed by atoms with Gasteiger partial charge >= 0.3 is 0 Å². The summed E-state index contributed by atoms with van der Waals surface area (Å²) in [5, 5.41) is 11.5. The van der Waals surface area contributed by atoms with E-state index in [1.54, 1.807) is 0 Å². The minimum atomic E-state index is -0.899. The largest absolute Gasteiger partial charge is 0.385 e. The van der Waals surface area contributed by atoms with Gasteiger partial charge in [-0.3, -0.25) is 4.79 Å². The zero-order valence-electron chi connectivity index (χ0n) is 14.6. The molecule has 2 aliphatic rings. The summed E-state index contributed by atoms with van der Waals surface area (Å²) in [7, 11) is 0. The van der Waals surface area contributed by atoms with Crippen LogP contribution in [-0.2, 0) is 5.60 Å². The summed E-state index contributed by atoms with van der Waals surface area (Å²) in [5.74, 6) is -0.691. The number of carbonyl (C=O) groups excluding carboxylic acids is 1. The van der Waals surface area contributed by atoms with E-state index in [-0.39, 0.29) is 17.9 Å². The van der Waals surface area contributed by atoms with Gasteiger partial charge in [0.1, 0.15) is 0 Å². The molecule has 26 heavy (non-hydrogen) atoms. The third-order valence-corrected chi connectivity index (χ3v) is 5.99. The summed E-state index contributed by atoms with van der Waals surface area (Å²) in [4.78, 5) is 18.5. The van der Waals surface area contributed by atoms with Gasteiger partial charge in [0.15, 0.2) is 0 Å². The molecule has 2 fully saturated rings. The van der Waals surface area contributed by atoms with Crippen LogP contribution in [0.3, 0.4) is 0 Å². The number of likely N-dealkylation sites (tertiary alicyclic amines) is 1. The number of benzene rings is 1. The van der Waals surface area contributed by atoms with Crippen LogP contribution in [0.4, 0.5) is 4.39 Å². The normalized spacial score (nSPS) is 28.5. The van der Waals surface area contributed by atoms with Crippen LogP contribution >= 0.6 is 0 Å². The smallest absolute Gasteiger partial charge is 0.255 e. The van der Waals surface area contributed by atoms with Gasteiger partial charge in [0, 0.05) is 24.7 Å². The first-order valence-corrected chi connectivity index (χ1v) is 9.30. The van der Waals surface area contributed by atoms with E-state index >= 15 is 0 Å².